The van der Waals surface area contributed by atoms with Crippen LogP contribution >= 0.6 is 23.7 Å². The van der Waals surface area contributed by atoms with Gasteiger partial charge in [0.15, 0.2) is 0 Å². The molecule has 3 N–H and O–H groups in total. The molecule has 2 rings (SSSR count). The first-order chi connectivity index (χ1) is 8.70. The van der Waals surface area contributed by atoms with Crippen LogP contribution in [0, 0.1) is 0 Å². The Morgan fingerprint density at radius 2 is 2.33 bits per heavy atom. The summed E-state index contributed by atoms with van der Waals surface area (Å²) in [6, 6.07) is 0.546. The maximum Gasteiger partial charge on any atom is 0.315 e. The van der Waals surface area contributed by atoms with Crippen LogP contribution in [0.25, 0.3) is 0 Å². The van der Waals surface area contributed by atoms with Crippen molar-refractivity contribution in [2.75, 3.05) is 12.0 Å². The highest BCUT2D eigenvalue weighted by Crippen LogP contribution is 2.33. The summed E-state index contributed by atoms with van der Waals surface area (Å²) < 4.78 is 2.72. The van der Waals surface area contributed by atoms with E-state index in [0.717, 1.165) is 25.0 Å². The second-order valence-corrected chi connectivity index (χ2v) is 6.48. The molecule has 0 aromatic rings. The number of carbonyl (C=O) groups excluding carboxylic acids is 2. The van der Waals surface area contributed by atoms with Crippen molar-refractivity contribution in [3.05, 3.63) is 0 Å². The van der Waals surface area contributed by atoms with Gasteiger partial charge in [-0.1, -0.05) is 18.4 Å². The minimum Gasteiger partial charge on any atom is -0.332 e. The molecule has 0 spiro atoms. The molecule has 0 bridgehead atoms. The number of urea groups is 1. The van der Waals surface area contributed by atoms with Crippen molar-refractivity contribution in [3.63, 3.8) is 0 Å². The summed E-state index contributed by atoms with van der Waals surface area (Å²) in [5.41, 5.74) is 0. The molecule has 102 valence electrons. The van der Waals surface area contributed by atoms with E-state index < -0.39 is 0 Å². The minimum absolute atomic E-state index is 0.0327. The molecule has 2 saturated heterocycles. The molecule has 7 heteroatoms. The largest absolute Gasteiger partial charge is 0.332 e. The van der Waals surface area contributed by atoms with E-state index in [2.05, 4.69) is 15.4 Å². The van der Waals surface area contributed by atoms with Crippen molar-refractivity contribution in [2.45, 2.75) is 43.0 Å². The zero-order chi connectivity index (χ0) is 13.0. The standard InChI is InChI=1S/C11H19N3O2S2/c1-17-14-9(15)5-3-2-4-8-10-7(6-18-8)12-11(16)13-10/h7-8,10H,2-6H2,1H3,(H,14,15)(H2,12,13,16). The van der Waals surface area contributed by atoms with Crippen LogP contribution in [-0.2, 0) is 4.79 Å². The monoisotopic (exact) mass is 289 g/mol. The smallest absolute Gasteiger partial charge is 0.315 e. The summed E-state index contributed by atoms with van der Waals surface area (Å²) in [7, 11) is 0. The van der Waals surface area contributed by atoms with Crippen molar-refractivity contribution < 1.29 is 9.59 Å². The molecule has 3 atom stereocenters. The van der Waals surface area contributed by atoms with E-state index in [-0.39, 0.29) is 18.0 Å². The third-order valence-corrected chi connectivity index (χ3v) is 5.24. The zero-order valence-electron chi connectivity index (χ0n) is 10.4. The highest BCUT2D eigenvalue weighted by molar-refractivity contribution is 8.00. The van der Waals surface area contributed by atoms with Crippen LogP contribution in [0.2, 0.25) is 0 Å². The van der Waals surface area contributed by atoms with Gasteiger partial charge in [0.2, 0.25) is 5.91 Å². The van der Waals surface area contributed by atoms with Crippen LogP contribution < -0.4 is 15.4 Å². The van der Waals surface area contributed by atoms with Crippen LogP contribution in [0.3, 0.4) is 0 Å². The fourth-order valence-electron chi connectivity index (χ4n) is 2.44. The van der Waals surface area contributed by atoms with E-state index in [1.165, 1.54) is 11.9 Å². The van der Waals surface area contributed by atoms with E-state index in [0.29, 0.717) is 17.7 Å². The third-order valence-electron chi connectivity index (χ3n) is 3.30. The van der Waals surface area contributed by atoms with E-state index in [1.54, 1.807) is 0 Å². The summed E-state index contributed by atoms with van der Waals surface area (Å²) in [5.74, 6) is 1.11. The fraction of sp³-hybridized carbons (Fsp3) is 0.818. The number of hydrogen-bond acceptors (Lipinski definition) is 4. The average Bonchev–Trinajstić information content (AvgIpc) is 2.85. The summed E-state index contributed by atoms with van der Waals surface area (Å²) >= 11 is 3.27. The highest BCUT2D eigenvalue weighted by atomic mass is 32.2. The van der Waals surface area contributed by atoms with Crippen molar-refractivity contribution in [3.8, 4) is 0 Å². The van der Waals surface area contributed by atoms with Gasteiger partial charge in [0.1, 0.15) is 0 Å². The molecule has 3 amide bonds. The first-order valence-electron chi connectivity index (χ1n) is 6.21. The van der Waals surface area contributed by atoms with Gasteiger partial charge in [0.05, 0.1) is 12.1 Å². The Kier molecular flexibility index (Phi) is 5.05. The molecule has 2 aliphatic heterocycles. The summed E-state index contributed by atoms with van der Waals surface area (Å²) in [6.45, 7) is 0. The summed E-state index contributed by atoms with van der Waals surface area (Å²) in [4.78, 5) is 22.5. The molecule has 18 heavy (non-hydrogen) atoms. The normalized spacial score (nSPS) is 29.6. The average molecular weight is 289 g/mol. The molecule has 5 nitrogen and oxygen atoms in total. The van der Waals surface area contributed by atoms with Gasteiger partial charge in [-0.2, -0.15) is 11.8 Å². The Hall–Kier alpha value is -0.560. The Labute approximate surface area is 116 Å². The Balaban J connectivity index is 1.62. The number of hydrogen-bond donors (Lipinski definition) is 3. The van der Waals surface area contributed by atoms with Gasteiger partial charge in [-0.3, -0.25) is 4.79 Å². The number of fused-ring (bicyclic) bond motifs is 1. The topological polar surface area (TPSA) is 70.2 Å². The molecule has 2 heterocycles. The predicted molar refractivity (Wildman–Crippen MR) is 75.6 cm³/mol. The maximum atomic E-state index is 11.3. The first-order valence-corrected chi connectivity index (χ1v) is 8.48. The molecular weight excluding hydrogens is 270 g/mol. The number of unbranched alkanes of at least 4 members (excludes halogenated alkanes) is 1. The maximum absolute atomic E-state index is 11.3. The lowest BCUT2D eigenvalue weighted by Gasteiger charge is -2.16. The van der Waals surface area contributed by atoms with Crippen molar-refractivity contribution in [1.82, 2.24) is 15.4 Å². The number of amides is 3. The second kappa shape index (κ2) is 6.56. The van der Waals surface area contributed by atoms with Crippen molar-refractivity contribution in [2.24, 2.45) is 0 Å². The number of carbonyl (C=O) groups is 2. The first kappa shape index (κ1) is 13.9. The van der Waals surface area contributed by atoms with Crippen LogP contribution in [0.15, 0.2) is 0 Å². The highest BCUT2D eigenvalue weighted by Gasteiger charge is 2.42. The SMILES string of the molecule is CSNC(=O)CCCCC1SCC2NC(=O)NC21. The van der Waals surface area contributed by atoms with Gasteiger partial charge in [0, 0.05) is 23.7 Å². The van der Waals surface area contributed by atoms with Crippen LogP contribution in [-0.4, -0.2) is 41.3 Å². The molecule has 0 radical (unpaired) electrons. The lowest BCUT2D eigenvalue weighted by atomic mass is 10.0. The van der Waals surface area contributed by atoms with Gasteiger partial charge >= 0.3 is 6.03 Å². The van der Waals surface area contributed by atoms with Crippen molar-refractivity contribution >= 4 is 35.6 Å². The Morgan fingerprint density at radius 3 is 3.11 bits per heavy atom. The Bertz CT molecular complexity index is 327. The van der Waals surface area contributed by atoms with E-state index in [1.807, 2.05) is 18.0 Å². The van der Waals surface area contributed by atoms with E-state index >= 15 is 0 Å². The lowest BCUT2D eigenvalue weighted by molar-refractivity contribution is -0.119. The van der Waals surface area contributed by atoms with E-state index in [4.69, 9.17) is 0 Å². The molecule has 3 unspecified atom stereocenters. The van der Waals surface area contributed by atoms with E-state index in [9.17, 15) is 9.59 Å². The van der Waals surface area contributed by atoms with Gasteiger partial charge in [-0.05, 0) is 12.8 Å². The number of rotatable bonds is 6. The molecule has 0 aliphatic carbocycles. The lowest BCUT2D eigenvalue weighted by Crippen LogP contribution is -2.36. The van der Waals surface area contributed by atoms with Gasteiger partial charge in [-0.15, -0.1) is 0 Å². The predicted octanol–water partition coefficient (Wildman–Crippen LogP) is 1.11. The number of thioether (sulfide) groups is 1. The molecular formula is C11H19N3O2S2. The van der Waals surface area contributed by atoms with Crippen LogP contribution in [0.1, 0.15) is 25.7 Å². The zero-order valence-corrected chi connectivity index (χ0v) is 12.0. The van der Waals surface area contributed by atoms with Crippen LogP contribution in [0.5, 0.6) is 0 Å². The summed E-state index contributed by atoms with van der Waals surface area (Å²) in [5, 5.41) is 6.41. The quantitative estimate of drug-likeness (QED) is 0.389. The third kappa shape index (κ3) is 3.47. The fourth-order valence-corrected chi connectivity index (χ4v) is 4.31. The summed E-state index contributed by atoms with van der Waals surface area (Å²) in [6.07, 6.45) is 5.47. The number of nitrogens with one attached hydrogen (secondary N) is 3. The van der Waals surface area contributed by atoms with Crippen molar-refractivity contribution in [1.29, 1.82) is 0 Å². The van der Waals surface area contributed by atoms with Crippen LogP contribution in [0.4, 0.5) is 4.79 Å². The van der Waals surface area contributed by atoms with Gasteiger partial charge in [-0.25, -0.2) is 4.79 Å². The minimum atomic E-state index is -0.0327. The Morgan fingerprint density at radius 1 is 1.50 bits per heavy atom. The molecule has 0 aromatic carbocycles. The van der Waals surface area contributed by atoms with Gasteiger partial charge in [0.25, 0.3) is 0 Å². The molecule has 0 aromatic heterocycles. The molecule has 0 saturated carbocycles. The molecule has 2 fully saturated rings. The molecule has 2 aliphatic rings. The van der Waals surface area contributed by atoms with Gasteiger partial charge < -0.3 is 15.4 Å². The second-order valence-electron chi connectivity index (χ2n) is 4.60.